The number of rotatable bonds is 6. The van der Waals surface area contributed by atoms with Gasteiger partial charge in [0, 0.05) is 38.7 Å². The summed E-state index contributed by atoms with van der Waals surface area (Å²) in [6, 6.07) is 11.8. The Balaban J connectivity index is 1.15. The number of ether oxygens (including phenoxy) is 2. The van der Waals surface area contributed by atoms with Crippen molar-refractivity contribution in [1.29, 1.82) is 0 Å². The number of Topliss-reactive ketones (excluding diaryl/α,β-unsaturated/α-hetero) is 1. The first-order valence-electron chi connectivity index (χ1n) is 11.6. The number of hydrogen-bond acceptors (Lipinski definition) is 6. The molecule has 0 aliphatic carbocycles. The van der Waals surface area contributed by atoms with Gasteiger partial charge in [0.25, 0.3) is 5.91 Å². The second-order valence-corrected chi connectivity index (χ2v) is 9.13. The van der Waals surface area contributed by atoms with Gasteiger partial charge in [-0.05, 0) is 54.3 Å². The molecule has 2 aromatic carbocycles. The predicted octanol–water partition coefficient (Wildman–Crippen LogP) is 3.63. The van der Waals surface area contributed by atoms with E-state index in [2.05, 4.69) is 10.4 Å². The lowest BCUT2D eigenvalue weighted by molar-refractivity contribution is -0.198. The normalized spacial score (nSPS) is 21.7. The Morgan fingerprint density at radius 3 is 2.79 bits per heavy atom. The Morgan fingerprint density at radius 1 is 1.21 bits per heavy atom. The molecular weight excluding hydrogens is 439 g/mol. The fraction of sp³-hybridized carbons (Fsp3) is 0.385. The van der Waals surface area contributed by atoms with Crippen LogP contribution in [0.2, 0.25) is 0 Å². The van der Waals surface area contributed by atoms with Crippen molar-refractivity contribution in [3.05, 3.63) is 71.0 Å². The average molecular weight is 467 g/mol. The highest BCUT2D eigenvalue weighted by Gasteiger charge is 2.49. The highest BCUT2D eigenvalue weighted by Crippen LogP contribution is 2.39. The molecule has 0 aromatic heterocycles. The van der Waals surface area contributed by atoms with Crippen LogP contribution in [0.1, 0.15) is 47.2 Å². The average Bonchev–Trinajstić information content (AvgIpc) is 2.83. The first-order chi connectivity index (χ1) is 16.5. The lowest BCUT2D eigenvalue weighted by atomic mass is 9.83. The van der Waals surface area contributed by atoms with Crippen LogP contribution < -0.4 is 10.2 Å². The maximum atomic E-state index is 13.1. The van der Waals surface area contributed by atoms with E-state index in [1.807, 2.05) is 6.07 Å². The molecule has 1 N–H and O–H groups in total. The molecule has 0 radical (unpaired) electrons. The van der Waals surface area contributed by atoms with Crippen LogP contribution in [0.3, 0.4) is 0 Å². The van der Waals surface area contributed by atoms with E-state index < -0.39 is 17.8 Å². The van der Waals surface area contributed by atoms with Crippen LogP contribution in [0.5, 0.6) is 5.75 Å². The van der Waals surface area contributed by atoms with Gasteiger partial charge in [0.05, 0.1) is 12.0 Å². The van der Waals surface area contributed by atoms with Crippen LogP contribution in [-0.2, 0) is 20.9 Å². The topological polar surface area (TPSA) is 77.1 Å². The Kier molecular flexibility index (Phi) is 6.45. The van der Waals surface area contributed by atoms with E-state index in [-0.39, 0.29) is 11.6 Å². The van der Waals surface area contributed by atoms with Crippen molar-refractivity contribution >= 4 is 17.8 Å². The molecule has 3 aliphatic rings. The highest BCUT2D eigenvalue weighted by atomic mass is 19.1. The van der Waals surface area contributed by atoms with Crippen LogP contribution in [0.25, 0.3) is 6.08 Å². The van der Waals surface area contributed by atoms with E-state index in [9.17, 15) is 14.0 Å². The van der Waals surface area contributed by atoms with Crippen LogP contribution in [0.4, 0.5) is 4.39 Å². The third kappa shape index (κ3) is 5.19. The van der Waals surface area contributed by atoms with Crippen molar-refractivity contribution in [2.24, 2.45) is 0 Å². The number of fused-ring (bicyclic) bond motifs is 1. The number of hydrogen-bond donors (Lipinski definition) is 1. The SMILES string of the molecule is O=C(C=Cc1ccc2c(c1)C(=O)CC1(CN(Cc3ccc(F)cc3)C1)O2)NOC1CCCCO1. The summed E-state index contributed by atoms with van der Waals surface area (Å²) in [6.45, 7) is 2.61. The standard InChI is InChI=1S/C26H27FN2O5/c27-20-8-4-19(5-9-20)15-29-16-26(17-29)14-22(30)21-13-18(6-10-23(21)33-26)7-11-24(31)28-34-25-3-1-2-12-32-25/h4-11,13,25H,1-3,12,14-17H2,(H,28,31). The molecule has 0 saturated carbocycles. The third-order valence-electron chi connectivity index (χ3n) is 6.31. The number of ketones is 1. The second-order valence-electron chi connectivity index (χ2n) is 9.13. The number of nitrogens with zero attached hydrogens (tertiary/aromatic N) is 1. The number of carbonyl (C=O) groups excluding carboxylic acids is 2. The van der Waals surface area contributed by atoms with Gasteiger partial charge in [-0.2, -0.15) is 0 Å². The smallest absolute Gasteiger partial charge is 0.267 e. The zero-order valence-electron chi connectivity index (χ0n) is 18.8. The summed E-state index contributed by atoms with van der Waals surface area (Å²) in [6.07, 6.45) is 5.66. The minimum atomic E-state index is -0.514. The summed E-state index contributed by atoms with van der Waals surface area (Å²) < 4.78 is 24.8. The summed E-state index contributed by atoms with van der Waals surface area (Å²) in [5.74, 6) is -0.0553. The zero-order valence-corrected chi connectivity index (χ0v) is 18.8. The van der Waals surface area contributed by atoms with Crippen LogP contribution in [0.15, 0.2) is 48.5 Å². The second kappa shape index (κ2) is 9.66. The van der Waals surface area contributed by atoms with Crippen molar-refractivity contribution in [2.75, 3.05) is 19.7 Å². The minimum absolute atomic E-state index is 0.0279. The van der Waals surface area contributed by atoms with E-state index in [0.717, 1.165) is 30.4 Å². The lowest BCUT2D eigenvalue weighted by Gasteiger charge is -2.51. The fourth-order valence-electron chi connectivity index (χ4n) is 4.65. The summed E-state index contributed by atoms with van der Waals surface area (Å²) in [5.41, 5.74) is 4.14. The van der Waals surface area contributed by atoms with Gasteiger partial charge in [-0.1, -0.05) is 18.2 Å². The van der Waals surface area contributed by atoms with Gasteiger partial charge in [0.15, 0.2) is 12.1 Å². The molecule has 1 atom stereocenters. The van der Waals surface area contributed by atoms with Crippen molar-refractivity contribution in [3.8, 4) is 5.75 Å². The largest absolute Gasteiger partial charge is 0.483 e. The number of hydroxylamine groups is 1. The number of nitrogens with one attached hydrogen (secondary N) is 1. The highest BCUT2D eigenvalue weighted by molar-refractivity contribution is 6.01. The first-order valence-corrected chi connectivity index (χ1v) is 11.6. The Labute approximate surface area is 197 Å². The lowest BCUT2D eigenvalue weighted by Crippen LogP contribution is -2.66. The fourth-order valence-corrected chi connectivity index (χ4v) is 4.65. The van der Waals surface area contributed by atoms with Crippen molar-refractivity contribution in [2.45, 2.75) is 44.1 Å². The van der Waals surface area contributed by atoms with Crippen molar-refractivity contribution in [1.82, 2.24) is 10.4 Å². The van der Waals surface area contributed by atoms with Gasteiger partial charge >= 0.3 is 0 Å². The molecule has 1 amide bonds. The van der Waals surface area contributed by atoms with Crippen molar-refractivity contribution in [3.63, 3.8) is 0 Å². The van der Waals surface area contributed by atoms with Crippen LogP contribution in [-0.4, -0.2) is 48.2 Å². The molecule has 7 nitrogen and oxygen atoms in total. The predicted molar refractivity (Wildman–Crippen MR) is 122 cm³/mol. The summed E-state index contributed by atoms with van der Waals surface area (Å²) in [4.78, 5) is 32.4. The number of halogens is 1. The molecule has 5 rings (SSSR count). The quantitative estimate of drug-likeness (QED) is 0.518. The molecule has 2 fully saturated rings. The van der Waals surface area contributed by atoms with Crippen LogP contribution >= 0.6 is 0 Å². The van der Waals surface area contributed by atoms with Gasteiger partial charge in [-0.25, -0.2) is 14.7 Å². The van der Waals surface area contributed by atoms with E-state index in [4.69, 9.17) is 14.3 Å². The van der Waals surface area contributed by atoms with Crippen molar-refractivity contribution < 1.29 is 28.3 Å². The molecule has 1 unspecified atom stereocenters. The molecule has 2 aromatic rings. The molecule has 3 aliphatic heterocycles. The maximum Gasteiger partial charge on any atom is 0.267 e. The molecule has 1 spiro atoms. The molecule has 178 valence electrons. The van der Waals surface area contributed by atoms with Crippen LogP contribution in [0, 0.1) is 5.82 Å². The third-order valence-corrected chi connectivity index (χ3v) is 6.31. The van der Waals surface area contributed by atoms with E-state index in [0.29, 0.717) is 44.0 Å². The van der Waals surface area contributed by atoms with Gasteiger partial charge in [-0.15, -0.1) is 0 Å². The molecule has 0 bridgehead atoms. The minimum Gasteiger partial charge on any atom is -0.483 e. The summed E-state index contributed by atoms with van der Waals surface area (Å²) in [7, 11) is 0. The molecule has 34 heavy (non-hydrogen) atoms. The Hall–Kier alpha value is -3.07. The first kappa shape index (κ1) is 22.7. The number of amides is 1. The Morgan fingerprint density at radius 2 is 2.03 bits per heavy atom. The summed E-state index contributed by atoms with van der Waals surface area (Å²) >= 11 is 0. The van der Waals surface area contributed by atoms with E-state index in [1.165, 1.54) is 18.2 Å². The summed E-state index contributed by atoms with van der Waals surface area (Å²) in [5, 5.41) is 0. The molecule has 8 heteroatoms. The number of carbonyl (C=O) groups is 2. The Bertz CT molecular complexity index is 1090. The van der Waals surface area contributed by atoms with Gasteiger partial charge < -0.3 is 9.47 Å². The van der Waals surface area contributed by atoms with E-state index in [1.54, 1.807) is 30.3 Å². The zero-order chi connectivity index (χ0) is 23.5. The van der Waals surface area contributed by atoms with Gasteiger partial charge in [-0.3, -0.25) is 14.5 Å². The molecule has 3 heterocycles. The van der Waals surface area contributed by atoms with E-state index >= 15 is 0 Å². The molecular formula is C26H27FN2O5. The maximum absolute atomic E-state index is 13.1. The van der Waals surface area contributed by atoms with Gasteiger partial charge in [0.2, 0.25) is 0 Å². The van der Waals surface area contributed by atoms with Gasteiger partial charge in [0.1, 0.15) is 17.2 Å². The number of likely N-dealkylation sites (tertiary alicyclic amines) is 1. The number of benzene rings is 2. The monoisotopic (exact) mass is 466 g/mol. The molecule has 2 saturated heterocycles.